The minimum absolute atomic E-state index is 0.151. The molecule has 0 spiro atoms. The Kier molecular flexibility index (Phi) is 3.47. The molecule has 1 aromatic heterocycles. The van der Waals surface area contributed by atoms with Crippen molar-refractivity contribution >= 4 is 23.2 Å². The highest BCUT2D eigenvalue weighted by Gasteiger charge is 2.34. The molecular formula is C12H15NO3S. The lowest BCUT2D eigenvalue weighted by Gasteiger charge is -2.17. The second-order valence-corrected chi connectivity index (χ2v) is 5.17. The van der Waals surface area contributed by atoms with E-state index < -0.39 is 11.9 Å². The number of hydrogen-bond donors (Lipinski definition) is 2. The van der Waals surface area contributed by atoms with Gasteiger partial charge in [0.15, 0.2) is 0 Å². The van der Waals surface area contributed by atoms with Gasteiger partial charge in [0.1, 0.15) is 0 Å². The summed E-state index contributed by atoms with van der Waals surface area (Å²) in [5, 5.41) is 15.6. The minimum Gasteiger partial charge on any atom is -0.481 e. The number of hydrogen-bond acceptors (Lipinski definition) is 3. The lowest BCUT2D eigenvalue weighted by Crippen LogP contribution is -2.40. The Hall–Kier alpha value is -1.36. The van der Waals surface area contributed by atoms with Crippen molar-refractivity contribution in [2.75, 3.05) is 0 Å². The zero-order chi connectivity index (χ0) is 12.4. The van der Waals surface area contributed by atoms with E-state index in [4.69, 9.17) is 5.11 Å². The summed E-state index contributed by atoms with van der Waals surface area (Å²) >= 11 is 1.48. The predicted octanol–water partition coefficient (Wildman–Crippen LogP) is 2.04. The number of aryl methyl sites for hydroxylation is 1. The van der Waals surface area contributed by atoms with Gasteiger partial charge in [-0.2, -0.15) is 11.3 Å². The summed E-state index contributed by atoms with van der Waals surface area (Å²) in [6, 6.07) is -0.223. The third kappa shape index (κ3) is 2.49. The predicted molar refractivity (Wildman–Crippen MR) is 65.3 cm³/mol. The largest absolute Gasteiger partial charge is 0.481 e. The standard InChI is InChI=1S/C12H15NO3S/c1-7-5-17-6-9(7)11(14)13-10-4-2-3-8(10)12(15)16/h5-6,8,10H,2-4H2,1H3,(H,13,14)(H,15,16)/t8-,10+/m0/s1. The first kappa shape index (κ1) is 12.1. The van der Waals surface area contributed by atoms with Gasteiger partial charge in [-0.05, 0) is 30.7 Å². The van der Waals surface area contributed by atoms with Crippen molar-refractivity contribution < 1.29 is 14.7 Å². The summed E-state index contributed by atoms with van der Waals surface area (Å²) in [5.74, 6) is -1.39. The Morgan fingerprint density at radius 3 is 2.76 bits per heavy atom. The molecule has 1 heterocycles. The van der Waals surface area contributed by atoms with Crippen LogP contribution in [0, 0.1) is 12.8 Å². The molecule has 2 rings (SSSR count). The average Bonchev–Trinajstić information content (AvgIpc) is 2.86. The number of carbonyl (C=O) groups is 2. The van der Waals surface area contributed by atoms with Crippen LogP contribution in [0.25, 0.3) is 0 Å². The van der Waals surface area contributed by atoms with E-state index in [1.165, 1.54) is 11.3 Å². The molecule has 0 saturated heterocycles. The van der Waals surface area contributed by atoms with Gasteiger partial charge in [0.2, 0.25) is 0 Å². The van der Waals surface area contributed by atoms with Gasteiger partial charge in [0.25, 0.3) is 5.91 Å². The maximum absolute atomic E-state index is 12.0. The monoisotopic (exact) mass is 253 g/mol. The van der Waals surface area contributed by atoms with Crippen molar-refractivity contribution in [1.29, 1.82) is 0 Å². The van der Waals surface area contributed by atoms with Crippen molar-refractivity contribution in [3.8, 4) is 0 Å². The van der Waals surface area contributed by atoms with Crippen LogP contribution < -0.4 is 5.32 Å². The van der Waals surface area contributed by atoms with E-state index in [0.29, 0.717) is 12.0 Å². The molecule has 1 aromatic rings. The fraction of sp³-hybridized carbons (Fsp3) is 0.500. The fourth-order valence-electron chi connectivity index (χ4n) is 2.27. The van der Waals surface area contributed by atoms with E-state index in [1.54, 1.807) is 5.38 Å². The molecule has 1 saturated carbocycles. The summed E-state index contributed by atoms with van der Waals surface area (Å²) in [5.41, 5.74) is 1.60. The number of carboxylic acids is 1. The Balaban J connectivity index is 2.04. The van der Waals surface area contributed by atoms with Crippen LogP contribution >= 0.6 is 11.3 Å². The van der Waals surface area contributed by atoms with E-state index >= 15 is 0 Å². The van der Waals surface area contributed by atoms with Crippen molar-refractivity contribution in [2.24, 2.45) is 5.92 Å². The molecular weight excluding hydrogens is 238 g/mol. The number of carboxylic acid groups (broad SMARTS) is 1. The van der Waals surface area contributed by atoms with Crippen LogP contribution in [-0.4, -0.2) is 23.0 Å². The van der Waals surface area contributed by atoms with Gasteiger partial charge in [-0.15, -0.1) is 0 Å². The van der Waals surface area contributed by atoms with Crippen molar-refractivity contribution in [1.82, 2.24) is 5.32 Å². The molecule has 0 aromatic carbocycles. The van der Waals surface area contributed by atoms with Gasteiger partial charge < -0.3 is 10.4 Å². The lowest BCUT2D eigenvalue weighted by molar-refractivity contribution is -0.142. The normalized spacial score (nSPS) is 23.6. The number of rotatable bonds is 3. The number of amides is 1. The Morgan fingerprint density at radius 2 is 2.18 bits per heavy atom. The number of thiophene rings is 1. The van der Waals surface area contributed by atoms with E-state index in [0.717, 1.165) is 18.4 Å². The molecule has 0 aliphatic heterocycles. The van der Waals surface area contributed by atoms with Gasteiger partial charge >= 0.3 is 5.97 Å². The van der Waals surface area contributed by atoms with Crippen LogP contribution in [0.5, 0.6) is 0 Å². The highest BCUT2D eigenvalue weighted by Crippen LogP contribution is 2.26. The molecule has 4 nitrogen and oxygen atoms in total. The molecule has 17 heavy (non-hydrogen) atoms. The molecule has 1 amide bonds. The molecule has 0 unspecified atom stereocenters. The zero-order valence-electron chi connectivity index (χ0n) is 9.60. The van der Waals surface area contributed by atoms with E-state index in [2.05, 4.69) is 5.32 Å². The first-order valence-electron chi connectivity index (χ1n) is 5.66. The summed E-state index contributed by atoms with van der Waals surface area (Å²) in [6.45, 7) is 1.88. The van der Waals surface area contributed by atoms with Crippen LogP contribution in [0.1, 0.15) is 35.2 Å². The molecule has 0 bridgehead atoms. The quantitative estimate of drug-likeness (QED) is 0.866. The highest BCUT2D eigenvalue weighted by atomic mass is 32.1. The second-order valence-electron chi connectivity index (χ2n) is 4.42. The Bertz CT molecular complexity index is 441. The molecule has 1 aliphatic carbocycles. The van der Waals surface area contributed by atoms with Gasteiger partial charge in [0.05, 0.1) is 11.5 Å². The SMILES string of the molecule is Cc1cscc1C(=O)N[C@@H]1CCC[C@@H]1C(=O)O. The molecule has 2 atom stereocenters. The van der Waals surface area contributed by atoms with Gasteiger partial charge in [-0.3, -0.25) is 9.59 Å². The summed E-state index contributed by atoms with van der Waals surface area (Å²) in [4.78, 5) is 23.0. The highest BCUT2D eigenvalue weighted by molar-refractivity contribution is 7.08. The van der Waals surface area contributed by atoms with Crippen molar-refractivity contribution in [3.63, 3.8) is 0 Å². The minimum atomic E-state index is -0.810. The van der Waals surface area contributed by atoms with Crippen LogP contribution in [-0.2, 0) is 4.79 Å². The maximum Gasteiger partial charge on any atom is 0.308 e. The topological polar surface area (TPSA) is 66.4 Å². The molecule has 2 N–H and O–H groups in total. The van der Waals surface area contributed by atoms with E-state index in [-0.39, 0.29) is 11.9 Å². The first-order valence-corrected chi connectivity index (χ1v) is 6.60. The lowest BCUT2D eigenvalue weighted by atomic mass is 10.0. The fourth-order valence-corrected chi connectivity index (χ4v) is 3.10. The van der Waals surface area contributed by atoms with Gasteiger partial charge in [-0.25, -0.2) is 0 Å². The van der Waals surface area contributed by atoms with Crippen LogP contribution in [0.3, 0.4) is 0 Å². The average molecular weight is 253 g/mol. The van der Waals surface area contributed by atoms with Crippen molar-refractivity contribution in [2.45, 2.75) is 32.2 Å². The maximum atomic E-state index is 12.0. The van der Waals surface area contributed by atoms with Crippen LogP contribution in [0.15, 0.2) is 10.8 Å². The van der Waals surface area contributed by atoms with Crippen LogP contribution in [0.2, 0.25) is 0 Å². The second kappa shape index (κ2) is 4.87. The molecule has 5 heteroatoms. The summed E-state index contributed by atoms with van der Waals surface area (Å²) in [7, 11) is 0. The Labute approximate surface area is 104 Å². The van der Waals surface area contributed by atoms with E-state index in [1.807, 2.05) is 12.3 Å². The number of carbonyl (C=O) groups excluding carboxylic acids is 1. The summed E-state index contributed by atoms with van der Waals surface area (Å²) in [6.07, 6.45) is 2.28. The van der Waals surface area contributed by atoms with E-state index in [9.17, 15) is 9.59 Å². The third-order valence-electron chi connectivity index (χ3n) is 3.25. The number of nitrogens with one attached hydrogen (secondary N) is 1. The molecule has 0 radical (unpaired) electrons. The smallest absolute Gasteiger partial charge is 0.308 e. The zero-order valence-corrected chi connectivity index (χ0v) is 10.4. The summed E-state index contributed by atoms with van der Waals surface area (Å²) < 4.78 is 0. The van der Waals surface area contributed by atoms with Crippen LogP contribution in [0.4, 0.5) is 0 Å². The molecule has 92 valence electrons. The van der Waals surface area contributed by atoms with Gasteiger partial charge in [0, 0.05) is 11.4 Å². The van der Waals surface area contributed by atoms with Gasteiger partial charge in [-0.1, -0.05) is 6.42 Å². The molecule has 1 fully saturated rings. The first-order chi connectivity index (χ1) is 8.09. The Morgan fingerprint density at radius 1 is 1.41 bits per heavy atom. The van der Waals surface area contributed by atoms with Crippen molar-refractivity contribution in [3.05, 3.63) is 21.9 Å². The third-order valence-corrected chi connectivity index (χ3v) is 4.11. The molecule has 1 aliphatic rings. The number of aliphatic carboxylic acids is 1.